The number of rotatable bonds is 7. The lowest BCUT2D eigenvalue weighted by atomic mass is 10.0. The molecule has 0 saturated carbocycles. The summed E-state index contributed by atoms with van der Waals surface area (Å²) in [4.78, 5) is 16.3. The number of nitrogens with zero attached hydrogens (tertiary/aromatic N) is 1. The number of nitrogens with one attached hydrogen (secondary N) is 1. The van der Waals surface area contributed by atoms with Gasteiger partial charge in [-0.25, -0.2) is 0 Å². The van der Waals surface area contributed by atoms with Crippen LogP contribution in [0.5, 0.6) is 0 Å². The predicted molar refractivity (Wildman–Crippen MR) is 101 cm³/mol. The summed E-state index contributed by atoms with van der Waals surface area (Å²) >= 11 is 0. The van der Waals surface area contributed by atoms with Gasteiger partial charge in [0.25, 0.3) is 0 Å². The predicted octanol–water partition coefficient (Wildman–Crippen LogP) is 4.07. The van der Waals surface area contributed by atoms with Crippen LogP contribution in [0, 0.1) is 0 Å². The molecular weight excluding hydrogens is 324 g/mol. The molecule has 0 fully saturated rings. The Hall–Kier alpha value is -2.98. The fraction of sp³-hybridized carbons (Fsp3) is 0.182. The van der Waals surface area contributed by atoms with Crippen LogP contribution in [-0.4, -0.2) is 17.5 Å². The van der Waals surface area contributed by atoms with Crippen molar-refractivity contribution in [1.82, 2.24) is 10.3 Å². The molecule has 0 aliphatic rings. The van der Waals surface area contributed by atoms with Crippen LogP contribution in [0.1, 0.15) is 35.8 Å². The Morgan fingerprint density at radius 1 is 0.885 bits per heavy atom. The Labute approximate surface area is 153 Å². The van der Waals surface area contributed by atoms with Crippen molar-refractivity contribution >= 4 is 5.91 Å². The van der Waals surface area contributed by atoms with E-state index in [9.17, 15) is 4.79 Å². The number of benzene rings is 2. The molecule has 0 bridgehead atoms. The molecule has 0 spiro atoms. The van der Waals surface area contributed by atoms with Crippen molar-refractivity contribution in [3.05, 3.63) is 102 Å². The van der Waals surface area contributed by atoms with Crippen LogP contribution in [0.25, 0.3) is 0 Å². The van der Waals surface area contributed by atoms with E-state index in [1.807, 2.05) is 79.7 Å². The molecule has 1 amide bonds. The Balaban J connectivity index is 1.65. The van der Waals surface area contributed by atoms with Gasteiger partial charge in [-0.3, -0.25) is 9.78 Å². The maximum Gasteiger partial charge on any atom is 0.246 e. The lowest BCUT2D eigenvalue weighted by Crippen LogP contribution is -2.30. The average Bonchev–Trinajstić information content (AvgIpc) is 2.70. The fourth-order valence-electron chi connectivity index (χ4n) is 2.82. The molecule has 2 aromatic carbocycles. The van der Waals surface area contributed by atoms with Crippen LogP contribution in [0.2, 0.25) is 0 Å². The summed E-state index contributed by atoms with van der Waals surface area (Å²) in [6.07, 6.45) is 3.16. The second kappa shape index (κ2) is 8.92. The average molecular weight is 346 g/mol. The van der Waals surface area contributed by atoms with Crippen molar-refractivity contribution in [2.24, 2.45) is 0 Å². The third-order valence-corrected chi connectivity index (χ3v) is 4.17. The number of carbonyl (C=O) groups is 1. The first-order chi connectivity index (χ1) is 12.7. The van der Waals surface area contributed by atoms with E-state index in [1.54, 1.807) is 12.4 Å². The lowest BCUT2D eigenvalue weighted by Gasteiger charge is -2.20. The third-order valence-electron chi connectivity index (χ3n) is 4.17. The standard InChI is InChI=1S/C22H22N2O2/c1-17(18-12-14-23-15-13-18)24-21(25)16-26-22(19-8-4-2-5-9-19)20-10-6-3-7-11-20/h2-15,17,22H,16H2,1H3,(H,24,25)/t17-/m1/s1. The quantitative estimate of drug-likeness (QED) is 0.702. The maximum absolute atomic E-state index is 12.3. The first-order valence-corrected chi connectivity index (χ1v) is 8.65. The normalized spacial score (nSPS) is 11.9. The molecule has 132 valence electrons. The van der Waals surface area contributed by atoms with Gasteiger partial charge < -0.3 is 10.1 Å². The second-order valence-electron chi connectivity index (χ2n) is 6.08. The highest BCUT2D eigenvalue weighted by molar-refractivity contribution is 5.77. The van der Waals surface area contributed by atoms with Crippen LogP contribution >= 0.6 is 0 Å². The van der Waals surface area contributed by atoms with E-state index in [1.165, 1.54) is 0 Å². The summed E-state index contributed by atoms with van der Waals surface area (Å²) < 4.78 is 5.99. The molecule has 1 aromatic heterocycles. The smallest absolute Gasteiger partial charge is 0.246 e. The van der Waals surface area contributed by atoms with Crippen LogP contribution in [0.15, 0.2) is 85.2 Å². The van der Waals surface area contributed by atoms with Crippen molar-refractivity contribution in [1.29, 1.82) is 0 Å². The van der Waals surface area contributed by atoms with Crippen LogP contribution < -0.4 is 5.32 Å². The Kier molecular flexibility index (Phi) is 6.12. The molecule has 3 aromatic rings. The third kappa shape index (κ3) is 4.77. The SMILES string of the molecule is C[C@@H](NC(=O)COC(c1ccccc1)c1ccccc1)c1ccncc1. The van der Waals surface area contributed by atoms with Gasteiger partial charge in [0.05, 0.1) is 6.04 Å². The molecule has 1 N–H and O–H groups in total. The minimum atomic E-state index is -0.278. The molecule has 0 aliphatic carbocycles. The van der Waals surface area contributed by atoms with Crippen molar-refractivity contribution in [2.45, 2.75) is 19.1 Å². The number of carbonyl (C=O) groups excluding carboxylic acids is 1. The van der Waals surface area contributed by atoms with E-state index < -0.39 is 0 Å². The zero-order valence-electron chi connectivity index (χ0n) is 14.7. The molecule has 3 rings (SSSR count). The van der Waals surface area contributed by atoms with Gasteiger partial charge in [-0.05, 0) is 35.7 Å². The Morgan fingerprint density at radius 2 is 1.42 bits per heavy atom. The topological polar surface area (TPSA) is 51.2 Å². The van der Waals surface area contributed by atoms with Gasteiger partial charge in [-0.2, -0.15) is 0 Å². The van der Waals surface area contributed by atoms with Crippen molar-refractivity contribution < 1.29 is 9.53 Å². The van der Waals surface area contributed by atoms with Crippen molar-refractivity contribution in [2.75, 3.05) is 6.61 Å². The number of hydrogen-bond acceptors (Lipinski definition) is 3. The number of pyridine rings is 1. The number of aromatic nitrogens is 1. The van der Waals surface area contributed by atoms with Gasteiger partial charge in [-0.15, -0.1) is 0 Å². The highest BCUT2D eigenvalue weighted by Gasteiger charge is 2.17. The molecule has 0 radical (unpaired) electrons. The van der Waals surface area contributed by atoms with Crippen LogP contribution in [0.3, 0.4) is 0 Å². The van der Waals surface area contributed by atoms with E-state index >= 15 is 0 Å². The summed E-state index contributed by atoms with van der Waals surface area (Å²) in [6.45, 7) is 1.93. The maximum atomic E-state index is 12.3. The number of hydrogen-bond donors (Lipinski definition) is 1. The monoisotopic (exact) mass is 346 g/mol. The molecule has 4 heteroatoms. The van der Waals surface area contributed by atoms with Crippen molar-refractivity contribution in [3.8, 4) is 0 Å². The largest absolute Gasteiger partial charge is 0.359 e. The molecule has 1 atom stereocenters. The van der Waals surface area contributed by atoms with Gasteiger partial charge in [0.2, 0.25) is 5.91 Å². The van der Waals surface area contributed by atoms with E-state index in [2.05, 4.69) is 10.3 Å². The Bertz CT molecular complexity index is 768. The number of amides is 1. The van der Waals surface area contributed by atoms with E-state index in [4.69, 9.17) is 4.74 Å². The fourth-order valence-corrected chi connectivity index (χ4v) is 2.82. The zero-order valence-corrected chi connectivity index (χ0v) is 14.7. The van der Waals surface area contributed by atoms with E-state index in [0.717, 1.165) is 16.7 Å². The van der Waals surface area contributed by atoms with E-state index in [0.29, 0.717) is 0 Å². The van der Waals surface area contributed by atoms with Gasteiger partial charge in [-0.1, -0.05) is 60.7 Å². The zero-order chi connectivity index (χ0) is 18.2. The molecular formula is C22H22N2O2. The minimum absolute atomic E-state index is 0.0100. The lowest BCUT2D eigenvalue weighted by molar-refractivity contribution is -0.127. The molecule has 26 heavy (non-hydrogen) atoms. The molecule has 1 heterocycles. The van der Waals surface area contributed by atoms with Gasteiger partial charge in [0.1, 0.15) is 12.7 Å². The molecule has 0 aliphatic heterocycles. The van der Waals surface area contributed by atoms with Gasteiger partial charge in [0.15, 0.2) is 0 Å². The van der Waals surface area contributed by atoms with Gasteiger partial charge >= 0.3 is 0 Å². The second-order valence-corrected chi connectivity index (χ2v) is 6.08. The molecule has 0 unspecified atom stereocenters. The summed E-state index contributed by atoms with van der Waals surface area (Å²) in [5, 5.41) is 2.96. The highest BCUT2D eigenvalue weighted by atomic mass is 16.5. The highest BCUT2D eigenvalue weighted by Crippen LogP contribution is 2.25. The summed E-state index contributed by atoms with van der Waals surface area (Å²) in [7, 11) is 0. The van der Waals surface area contributed by atoms with Gasteiger partial charge in [0, 0.05) is 12.4 Å². The minimum Gasteiger partial charge on any atom is -0.359 e. The van der Waals surface area contributed by atoms with E-state index in [-0.39, 0.29) is 24.7 Å². The summed E-state index contributed by atoms with van der Waals surface area (Å²) in [6, 6.07) is 23.5. The molecule has 0 saturated heterocycles. The van der Waals surface area contributed by atoms with Crippen molar-refractivity contribution in [3.63, 3.8) is 0 Å². The first-order valence-electron chi connectivity index (χ1n) is 8.65. The summed E-state index contributed by atoms with van der Waals surface area (Å²) in [5.41, 5.74) is 3.05. The molecule has 4 nitrogen and oxygen atoms in total. The van der Waals surface area contributed by atoms with Crippen LogP contribution in [0.4, 0.5) is 0 Å². The first kappa shape index (κ1) is 17.8. The van der Waals surface area contributed by atoms with Crippen LogP contribution in [-0.2, 0) is 9.53 Å². The Morgan fingerprint density at radius 3 is 1.96 bits per heavy atom. The summed E-state index contributed by atoms with van der Waals surface area (Å²) in [5.74, 6) is -0.147. The number of ether oxygens (including phenoxy) is 1.